The Bertz CT molecular complexity index is 1100. The zero-order chi connectivity index (χ0) is 20.0. The number of hydrogen-bond acceptors (Lipinski definition) is 4. The van der Waals surface area contributed by atoms with E-state index < -0.39 is 35.6 Å². The van der Waals surface area contributed by atoms with Crippen LogP contribution in [0.3, 0.4) is 0 Å². The van der Waals surface area contributed by atoms with Gasteiger partial charge in [-0.15, -0.1) is 0 Å². The quantitative estimate of drug-likeness (QED) is 0.532. The van der Waals surface area contributed by atoms with Crippen molar-refractivity contribution in [3.63, 3.8) is 0 Å². The Morgan fingerprint density at radius 1 is 1.07 bits per heavy atom. The highest BCUT2D eigenvalue weighted by Crippen LogP contribution is 2.41. The smallest absolute Gasteiger partial charge is 0.338 e. The highest BCUT2D eigenvalue weighted by atomic mass is 19.2. The second-order valence-corrected chi connectivity index (χ2v) is 6.64. The van der Waals surface area contributed by atoms with Gasteiger partial charge in [-0.2, -0.15) is 0 Å². The minimum Gasteiger partial charge on any atom is -0.483 e. The third-order valence-corrected chi connectivity index (χ3v) is 4.91. The van der Waals surface area contributed by atoms with Gasteiger partial charge in [-0.3, -0.25) is 0 Å². The maximum atomic E-state index is 14.3. The number of hydrogen-bond donors (Lipinski definition) is 1. The molecular formula is C21H16F3NO3. The third-order valence-electron chi connectivity index (χ3n) is 4.91. The Labute approximate surface area is 158 Å². The maximum Gasteiger partial charge on any atom is 0.338 e. The van der Waals surface area contributed by atoms with Gasteiger partial charge in [0.15, 0.2) is 11.6 Å². The highest BCUT2D eigenvalue weighted by molar-refractivity contribution is 6.07. The summed E-state index contributed by atoms with van der Waals surface area (Å²) in [4.78, 5) is 12.2. The first-order valence-electron chi connectivity index (χ1n) is 8.60. The van der Waals surface area contributed by atoms with Gasteiger partial charge in [0, 0.05) is 17.0 Å². The van der Waals surface area contributed by atoms with Crippen LogP contribution in [0.25, 0.3) is 10.8 Å². The number of carbonyl (C=O) groups excluding carboxylic acids is 1. The topological polar surface area (TPSA) is 61.5 Å². The lowest BCUT2D eigenvalue weighted by molar-refractivity contribution is 0.0602. The largest absolute Gasteiger partial charge is 0.483 e. The summed E-state index contributed by atoms with van der Waals surface area (Å²) in [6.45, 7) is 0. The first-order chi connectivity index (χ1) is 13.4. The van der Waals surface area contributed by atoms with Crippen LogP contribution < -0.4 is 10.5 Å². The van der Waals surface area contributed by atoms with Crippen molar-refractivity contribution in [1.29, 1.82) is 0 Å². The second kappa shape index (κ2) is 6.83. The van der Waals surface area contributed by atoms with Crippen LogP contribution in [-0.2, 0) is 11.2 Å². The third kappa shape index (κ3) is 2.88. The number of carbonyl (C=O) groups is 1. The van der Waals surface area contributed by atoms with Crippen molar-refractivity contribution in [3.8, 4) is 5.75 Å². The van der Waals surface area contributed by atoms with Gasteiger partial charge in [-0.05, 0) is 29.5 Å². The van der Waals surface area contributed by atoms with E-state index in [1.54, 1.807) is 30.3 Å². The predicted molar refractivity (Wildman–Crippen MR) is 96.7 cm³/mol. The minimum atomic E-state index is -1.28. The first-order valence-corrected chi connectivity index (χ1v) is 8.60. The van der Waals surface area contributed by atoms with Crippen molar-refractivity contribution in [2.45, 2.75) is 18.6 Å². The van der Waals surface area contributed by atoms with E-state index in [9.17, 15) is 18.0 Å². The van der Waals surface area contributed by atoms with Crippen LogP contribution in [0.1, 0.15) is 27.6 Å². The van der Waals surface area contributed by atoms with Crippen LogP contribution >= 0.6 is 0 Å². The SMILES string of the molecule is COC(=O)c1cc2c(c3ccccc13)OC(c1cc(F)c(F)cc1F)C(N)C2. The number of fused-ring (bicyclic) bond motifs is 3. The number of halogens is 3. The number of benzene rings is 3. The highest BCUT2D eigenvalue weighted by Gasteiger charge is 2.33. The van der Waals surface area contributed by atoms with Gasteiger partial charge in [0.25, 0.3) is 0 Å². The van der Waals surface area contributed by atoms with Gasteiger partial charge in [0.1, 0.15) is 17.7 Å². The molecule has 4 rings (SSSR count). The molecule has 144 valence electrons. The van der Waals surface area contributed by atoms with Gasteiger partial charge in [-0.1, -0.05) is 24.3 Å². The average Bonchev–Trinajstić information content (AvgIpc) is 2.69. The van der Waals surface area contributed by atoms with Gasteiger partial charge >= 0.3 is 5.97 Å². The summed E-state index contributed by atoms with van der Waals surface area (Å²) in [6, 6.07) is 9.21. The van der Waals surface area contributed by atoms with E-state index in [-0.39, 0.29) is 12.0 Å². The molecule has 1 aliphatic rings. The Morgan fingerprint density at radius 2 is 1.75 bits per heavy atom. The average molecular weight is 387 g/mol. The lowest BCUT2D eigenvalue weighted by atomic mass is 9.89. The molecule has 0 bridgehead atoms. The molecule has 4 nitrogen and oxygen atoms in total. The lowest BCUT2D eigenvalue weighted by Gasteiger charge is -2.33. The normalized spacial score (nSPS) is 18.5. The van der Waals surface area contributed by atoms with Crippen molar-refractivity contribution in [1.82, 2.24) is 0 Å². The molecule has 1 heterocycles. The summed E-state index contributed by atoms with van der Waals surface area (Å²) in [5, 5.41) is 1.23. The molecule has 2 N–H and O–H groups in total. The summed E-state index contributed by atoms with van der Waals surface area (Å²) >= 11 is 0. The van der Waals surface area contributed by atoms with E-state index in [1.165, 1.54) is 7.11 Å². The molecule has 3 aromatic rings. The monoisotopic (exact) mass is 387 g/mol. The predicted octanol–water partition coefficient (Wildman–Crippen LogP) is 4.05. The molecule has 3 aromatic carbocycles. The molecule has 28 heavy (non-hydrogen) atoms. The van der Waals surface area contributed by atoms with Crippen molar-refractivity contribution in [3.05, 3.63) is 76.6 Å². The van der Waals surface area contributed by atoms with Gasteiger partial charge in [-0.25, -0.2) is 18.0 Å². The standard InChI is InChI=1S/C21H16F3NO3/c1-27-21(26)13-6-10-7-18(25)20(14-8-16(23)17(24)9-15(14)22)28-19(10)12-5-3-2-4-11(12)13/h2-6,8-9,18,20H,7,25H2,1H3. The molecule has 0 aromatic heterocycles. The van der Waals surface area contributed by atoms with Crippen molar-refractivity contribution in [2.24, 2.45) is 5.73 Å². The zero-order valence-corrected chi connectivity index (χ0v) is 14.8. The summed E-state index contributed by atoms with van der Waals surface area (Å²) in [7, 11) is 1.29. The molecule has 0 saturated heterocycles. The summed E-state index contributed by atoms with van der Waals surface area (Å²) in [5.41, 5.74) is 7.03. The van der Waals surface area contributed by atoms with Crippen LogP contribution in [-0.4, -0.2) is 19.1 Å². The maximum absolute atomic E-state index is 14.3. The lowest BCUT2D eigenvalue weighted by Crippen LogP contribution is -2.38. The molecule has 7 heteroatoms. The van der Waals surface area contributed by atoms with E-state index in [0.717, 1.165) is 6.07 Å². The molecule has 0 saturated carbocycles. The fourth-order valence-electron chi connectivity index (χ4n) is 3.60. The Balaban J connectivity index is 1.87. The van der Waals surface area contributed by atoms with Gasteiger partial charge < -0.3 is 15.2 Å². The summed E-state index contributed by atoms with van der Waals surface area (Å²) < 4.78 is 52.1. The molecule has 1 aliphatic heterocycles. The number of nitrogens with two attached hydrogens (primary N) is 1. The molecule has 0 fully saturated rings. The number of ether oxygens (including phenoxy) is 2. The van der Waals surface area contributed by atoms with Crippen LogP contribution in [0, 0.1) is 17.5 Å². The van der Waals surface area contributed by atoms with E-state index in [4.69, 9.17) is 15.2 Å². The van der Waals surface area contributed by atoms with Crippen LogP contribution in [0.4, 0.5) is 13.2 Å². The Morgan fingerprint density at radius 3 is 2.46 bits per heavy atom. The molecule has 0 aliphatic carbocycles. The number of rotatable bonds is 2. The van der Waals surface area contributed by atoms with Gasteiger partial charge in [0.05, 0.1) is 18.7 Å². The van der Waals surface area contributed by atoms with Crippen LogP contribution in [0.2, 0.25) is 0 Å². The van der Waals surface area contributed by atoms with Gasteiger partial charge in [0.2, 0.25) is 0 Å². The Hall–Kier alpha value is -3.06. The fraction of sp³-hybridized carbons (Fsp3) is 0.190. The Kier molecular flexibility index (Phi) is 4.47. The van der Waals surface area contributed by atoms with E-state index in [2.05, 4.69) is 0 Å². The molecule has 2 unspecified atom stereocenters. The molecule has 0 amide bonds. The number of methoxy groups -OCH3 is 1. The number of esters is 1. The molecular weight excluding hydrogens is 371 g/mol. The fourth-order valence-corrected chi connectivity index (χ4v) is 3.60. The first kappa shape index (κ1) is 18.3. The van der Waals surface area contributed by atoms with Crippen molar-refractivity contribution < 1.29 is 27.4 Å². The minimum absolute atomic E-state index is 0.154. The van der Waals surface area contributed by atoms with Crippen LogP contribution in [0.15, 0.2) is 42.5 Å². The summed E-state index contributed by atoms with van der Waals surface area (Å²) in [5.74, 6) is -3.46. The molecule has 0 radical (unpaired) electrons. The van der Waals surface area contributed by atoms with E-state index in [0.29, 0.717) is 33.7 Å². The van der Waals surface area contributed by atoms with E-state index >= 15 is 0 Å². The van der Waals surface area contributed by atoms with Crippen molar-refractivity contribution >= 4 is 16.7 Å². The van der Waals surface area contributed by atoms with Crippen molar-refractivity contribution in [2.75, 3.05) is 7.11 Å². The molecule has 2 atom stereocenters. The second-order valence-electron chi connectivity index (χ2n) is 6.64. The van der Waals surface area contributed by atoms with E-state index in [1.807, 2.05) is 0 Å². The zero-order valence-electron chi connectivity index (χ0n) is 14.8. The summed E-state index contributed by atoms with van der Waals surface area (Å²) in [6.07, 6.45) is -0.747. The molecule has 0 spiro atoms. The van der Waals surface area contributed by atoms with Crippen LogP contribution in [0.5, 0.6) is 5.75 Å².